The molecular formula is C17H21N7O. The molecule has 0 aromatic carbocycles. The zero-order valence-corrected chi connectivity index (χ0v) is 14.4. The van der Waals surface area contributed by atoms with Crippen LogP contribution >= 0.6 is 0 Å². The summed E-state index contributed by atoms with van der Waals surface area (Å²) in [7, 11) is 3.97. The highest BCUT2D eigenvalue weighted by Gasteiger charge is 2.22. The van der Waals surface area contributed by atoms with E-state index in [1.165, 1.54) is 0 Å². The molecule has 1 aliphatic rings. The molecule has 130 valence electrons. The van der Waals surface area contributed by atoms with E-state index in [0.29, 0.717) is 5.88 Å². The first-order valence-corrected chi connectivity index (χ1v) is 8.40. The van der Waals surface area contributed by atoms with Gasteiger partial charge in [0.1, 0.15) is 24.1 Å². The maximum Gasteiger partial charge on any atom is 0.217 e. The molecule has 8 nitrogen and oxygen atoms in total. The normalized spacial score (nSPS) is 15.5. The predicted molar refractivity (Wildman–Crippen MR) is 95.2 cm³/mol. The molecule has 0 N–H and O–H groups in total. The van der Waals surface area contributed by atoms with E-state index in [-0.39, 0.29) is 6.10 Å². The van der Waals surface area contributed by atoms with Gasteiger partial charge in [0, 0.05) is 64.4 Å². The van der Waals surface area contributed by atoms with Gasteiger partial charge in [-0.1, -0.05) is 0 Å². The zero-order valence-electron chi connectivity index (χ0n) is 14.4. The lowest BCUT2D eigenvalue weighted by Crippen LogP contribution is -2.38. The fourth-order valence-electron chi connectivity index (χ4n) is 2.99. The number of nitrogens with zero attached hydrogens (tertiary/aromatic N) is 7. The number of fused-ring (bicyclic) bond motifs is 1. The number of hydrogen-bond acceptors (Lipinski definition) is 7. The van der Waals surface area contributed by atoms with Crippen LogP contribution in [-0.4, -0.2) is 57.9 Å². The Labute approximate surface area is 146 Å². The van der Waals surface area contributed by atoms with Gasteiger partial charge in [0.25, 0.3) is 0 Å². The SMILES string of the molecule is CN(C)c1cc(N2CCC(Oc3ccn4nccc4n3)CC2)ncn1. The average molecular weight is 339 g/mol. The van der Waals surface area contributed by atoms with Crippen LogP contribution in [0.1, 0.15) is 12.8 Å². The van der Waals surface area contributed by atoms with Crippen LogP contribution in [-0.2, 0) is 0 Å². The second-order valence-corrected chi connectivity index (χ2v) is 6.33. The summed E-state index contributed by atoms with van der Waals surface area (Å²) < 4.78 is 7.79. The van der Waals surface area contributed by atoms with Gasteiger partial charge in [-0.25, -0.2) is 14.5 Å². The Hall–Kier alpha value is -2.90. The van der Waals surface area contributed by atoms with Crippen LogP contribution in [0.3, 0.4) is 0 Å². The van der Waals surface area contributed by atoms with E-state index >= 15 is 0 Å². The van der Waals surface area contributed by atoms with E-state index in [4.69, 9.17) is 4.74 Å². The molecule has 1 fully saturated rings. The first-order valence-electron chi connectivity index (χ1n) is 8.40. The van der Waals surface area contributed by atoms with Crippen LogP contribution in [0.2, 0.25) is 0 Å². The molecule has 0 radical (unpaired) electrons. The Bertz CT molecular complexity index is 855. The average Bonchev–Trinajstić information content (AvgIpc) is 3.10. The number of aromatic nitrogens is 5. The number of rotatable bonds is 4. The van der Waals surface area contributed by atoms with E-state index in [2.05, 4.69) is 25.0 Å². The topological polar surface area (TPSA) is 71.7 Å². The first kappa shape index (κ1) is 15.6. The third-order valence-electron chi connectivity index (χ3n) is 4.38. The summed E-state index contributed by atoms with van der Waals surface area (Å²) >= 11 is 0. The van der Waals surface area contributed by atoms with Crippen molar-refractivity contribution < 1.29 is 4.74 Å². The van der Waals surface area contributed by atoms with Crippen molar-refractivity contribution in [3.63, 3.8) is 0 Å². The van der Waals surface area contributed by atoms with Gasteiger partial charge in [0.15, 0.2) is 5.65 Å². The standard InChI is InChI=1S/C17H21N7O/c1-22(2)15-11-16(19-12-18-15)23-8-4-13(5-9-23)25-17-6-10-24-14(21-17)3-7-20-24/h3,6-7,10-13H,4-5,8-9H2,1-2H3. The zero-order chi connectivity index (χ0) is 17.2. The lowest BCUT2D eigenvalue weighted by Gasteiger charge is -2.32. The molecule has 4 heterocycles. The van der Waals surface area contributed by atoms with E-state index in [9.17, 15) is 0 Å². The highest BCUT2D eigenvalue weighted by atomic mass is 16.5. The van der Waals surface area contributed by atoms with Gasteiger partial charge in [-0.15, -0.1) is 0 Å². The minimum absolute atomic E-state index is 0.171. The van der Waals surface area contributed by atoms with Crippen LogP contribution in [0.15, 0.2) is 36.9 Å². The highest BCUT2D eigenvalue weighted by molar-refractivity contribution is 5.49. The van der Waals surface area contributed by atoms with E-state index in [0.717, 1.165) is 43.2 Å². The summed E-state index contributed by atoms with van der Waals surface area (Å²) in [5.41, 5.74) is 0.798. The molecule has 0 saturated carbocycles. The van der Waals surface area contributed by atoms with Crippen molar-refractivity contribution in [1.82, 2.24) is 24.6 Å². The van der Waals surface area contributed by atoms with Crippen molar-refractivity contribution in [2.75, 3.05) is 37.0 Å². The van der Waals surface area contributed by atoms with Crippen molar-refractivity contribution in [3.8, 4) is 5.88 Å². The Morgan fingerprint density at radius 2 is 2.00 bits per heavy atom. The summed E-state index contributed by atoms with van der Waals surface area (Å²) in [6.45, 7) is 1.81. The van der Waals surface area contributed by atoms with E-state index in [1.54, 1.807) is 17.0 Å². The van der Waals surface area contributed by atoms with Gasteiger partial charge in [-0.2, -0.15) is 10.1 Å². The van der Waals surface area contributed by atoms with Crippen LogP contribution < -0.4 is 14.5 Å². The summed E-state index contributed by atoms with van der Waals surface area (Å²) in [5, 5.41) is 4.15. The summed E-state index contributed by atoms with van der Waals surface area (Å²) in [6.07, 6.45) is 7.27. The summed E-state index contributed by atoms with van der Waals surface area (Å²) in [6, 6.07) is 5.75. The van der Waals surface area contributed by atoms with Gasteiger partial charge < -0.3 is 14.5 Å². The number of ether oxygens (including phenoxy) is 1. The Kier molecular flexibility index (Phi) is 4.09. The maximum atomic E-state index is 6.06. The van der Waals surface area contributed by atoms with Crippen LogP contribution in [0.25, 0.3) is 5.65 Å². The molecular weight excluding hydrogens is 318 g/mol. The predicted octanol–water partition coefficient (Wildman–Crippen LogP) is 1.63. The minimum atomic E-state index is 0.171. The molecule has 3 aromatic rings. The number of piperidine rings is 1. The molecule has 1 aliphatic heterocycles. The lowest BCUT2D eigenvalue weighted by molar-refractivity contribution is 0.164. The minimum Gasteiger partial charge on any atom is -0.474 e. The largest absolute Gasteiger partial charge is 0.474 e. The van der Waals surface area contributed by atoms with Crippen molar-refractivity contribution in [2.24, 2.45) is 0 Å². The van der Waals surface area contributed by atoms with Crippen molar-refractivity contribution in [3.05, 3.63) is 36.9 Å². The van der Waals surface area contributed by atoms with Crippen LogP contribution in [0.5, 0.6) is 5.88 Å². The van der Waals surface area contributed by atoms with Crippen LogP contribution in [0, 0.1) is 0 Å². The quantitative estimate of drug-likeness (QED) is 0.715. The molecule has 4 rings (SSSR count). The van der Waals surface area contributed by atoms with Crippen molar-refractivity contribution in [2.45, 2.75) is 18.9 Å². The molecule has 0 bridgehead atoms. The fourth-order valence-corrected chi connectivity index (χ4v) is 2.99. The third kappa shape index (κ3) is 3.33. The second kappa shape index (κ2) is 6.54. The van der Waals surface area contributed by atoms with Gasteiger partial charge >= 0.3 is 0 Å². The number of hydrogen-bond donors (Lipinski definition) is 0. The van der Waals surface area contributed by atoms with Gasteiger partial charge in [0.2, 0.25) is 5.88 Å². The third-order valence-corrected chi connectivity index (χ3v) is 4.38. The maximum absolute atomic E-state index is 6.06. The highest BCUT2D eigenvalue weighted by Crippen LogP contribution is 2.23. The van der Waals surface area contributed by atoms with E-state index in [1.807, 2.05) is 43.4 Å². The van der Waals surface area contributed by atoms with Crippen LogP contribution in [0.4, 0.5) is 11.6 Å². The summed E-state index contributed by atoms with van der Waals surface area (Å²) in [4.78, 5) is 17.4. The van der Waals surface area contributed by atoms with Crippen molar-refractivity contribution in [1.29, 1.82) is 0 Å². The fraction of sp³-hybridized carbons (Fsp3) is 0.412. The molecule has 1 saturated heterocycles. The second-order valence-electron chi connectivity index (χ2n) is 6.33. The number of anilines is 2. The van der Waals surface area contributed by atoms with Gasteiger partial charge in [0.05, 0.1) is 6.20 Å². The van der Waals surface area contributed by atoms with Gasteiger partial charge in [-0.05, 0) is 0 Å². The Morgan fingerprint density at radius 1 is 1.16 bits per heavy atom. The molecule has 0 aliphatic carbocycles. The smallest absolute Gasteiger partial charge is 0.217 e. The summed E-state index contributed by atoms with van der Waals surface area (Å²) in [5.74, 6) is 2.54. The van der Waals surface area contributed by atoms with E-state index < -0.39 is 0 Å². The Balaban J connectivity index is 1.38. The first-order chi connectivity index (χ1) is 12.2. The molecule has 8 heteroatoms. The molecule has 0 atom stereocenters. The molecule has 3 aromatic heterocycles. The molecule has 25 heavy (non-hydrogen) atoms. The Morgan fingerprint density at radius 3 is 2.80 bits per heavy atom. The molecule has 0 spiro atoms. The molecule has 0 unspecified atom stereocenters. The van der Waals surface area contributed by atoms with Gasteiger partial charge in [-0.3, -0.25) is 0 Å². The monoisotopic (exact) mass is 339 g/mol. The molecule has 0 amide bonds. The lowest BCUT2D eigenvalue weighted by atomic mass is 10.1. The van der Waals surface area contributed by atoms with Crippen molar-refractivity contribution >= 4 is 17.3 Å².